The van der Waals surface area contributed by atoms with Crippen LogP contribution in [-0.2, 0) is 12.8 Å². The van der Waals surface area contributed by atoms with E-state index in [0.717, 1.165) is 24.7 Å². The Morgan fingerprint density at radius 1 is 0.981 bits per heavy atom. The van der Waals surface area contributed by atoms with Gasteiger partial charge >= 0.3 is 0 Å². The van der Waals surface area contributed by atoms with Crippen LogP contribution in [0.2, 0.25) is 0 Å². The molecule has 2 saturated heterocycles. The predicted octanol–water partition coefficient (Wildman–Crippen LogP) is 8.86. The molecule has 2 heterocycles. The second-order valence-electron chi connectivity index (χ2n) is 21.4. The van der Waals surface area contributed by atoms with Crippen molar-refractivity contribution in [2.45, 2.75) is 160 Å². The fourth-order valence-electron chi connectivity index (χ4n) is 16.9. The van der Waals surface area contributed by atoms with Crippen molar-refractivity contribution in [2.75, 3.05) is 6.54 Å². The average molecular weight is 705 g/mol. The molecule has 0 unspecified atom stereocenters. The van der Waals surface area contributed by atoms with Crippen LogP contribution in [0.5, 0.6) is 0 Å². The number of fused-ring (bicyclic) bond motifs is 7. The molecule has 282 valence electrons. The van der Waals surface area contributed by atoms with Gasteiger partial charge in [-0.15, -0.1) is 0 Å². The van der Waals surface area contributed by atoms with E-state index in [1.807, 2.05) is 6.92 Å². The van der Waals surface area contributed by atoms with Gasteiger partial charge in [0.2, 0.25) is 0 Å². The first kappa shape index (κ1) is 34.7. The summed E-state index contributed by atoms with van der Waals surface area (Å²) in [5.41, 5.74) is 10.6. The summed E-state index contributed by atoms with van der Waals surface area (Å²) in [5, 5.41) is 30.1. The average Bonchev–Trinajstić information content (AvgIpc) is 3.72. The van der Waals surface area contributed by atoms with E-state index in [2.05, 4.69) is 69.9 Å². The van der Waals surface area contributed by atoms with Gasteiger partial charge in [-0.1, -0.05) is 60.6 Å². The Hall–Kier alpha value is -1.72. The SMILES string of the molecule is C=C(C)[C@H]1CC2=C(C)C=C3C[C@]2(C)[C@]2(CC[C@@H](Cc4cccc(c4)C[C@@H]4C[C@]35CC[C@]36[C@H](C[C@H]7C[C@@H](NC[C@H](C)O)[C@H](O)C[C@@H]73)C[C@@H]4[C@@]6(C)N5)C2)C1. The van der Waals surface area contributed by atoms with E-state index in [-0.39, 0.29) is 40.2 Å². The summed E-state index contributed by atoms with van der Waals surface area (Å²) in [7, 11) is 0. The van der Waals surface area contributed by atoms with Crippen molar-refractivity contribution in [3.8, 4) is 0 Å². The van der Waals surface area contributed by atoms with E-state index in [1.54, 1.807) is 27.8 Å². The Labute approximate surface area is 314 Å². The summed E-state index contributed by atoms with van der Waals surface area (Å²) in [5.74, 6) is 4.71. The molecule has 9 aliphatic rings. The van der Waals surface area contributed by atoms with Crippen LogP contribution in [0.15, 0.2) is 59.2 Å². The van der Waals surface area contributed by atoms with Crippen LogP contribution in [0.1, 0.15) is 129 Å². The molecule has 9 bridgehead atoms. The summed E-state index contributed by atoms with van der Waals surface area (Å²) in [6.45, 7) is 17.3. The zero-order valence-corrected chi connectivity index (χ0v) is 33.1. The largest absolute Gasteiger partial charge is 0.392 e. The van der Waals surface area contributed by atoms with Crippen LogP contribution in [0.4, 0.5) is 0 Å². The maximum Gasteiger partial charge on any atom is 0.0696 e. The third-order valence-electron chi connectivity index (χ3n) is 19.0. The third-order valence-corrected chi connectivity index (χ3v) is 19.0. The first-order valence-corrected chi connectivity index (χ1v) is 21.8. The van der Waals surface area contributed by atoms with Gasteiger partial charge in [0.1, 0.15) is 0 Å². The van der Waals surface area contributed by atoms with Gasteiger partial charge in [0.05, 0.1) is 12.2 Å². The lowest BCUT2D eigenvalue weighted by Crippen LogP contribution is -2.75. The van der Waals surface area contributed by atoms with Gasteiger partial charge in [0.15, 0.2) is 0 Å². The van der Waals surface area contributed by atoms with Crippen molar-refractivity contribution in [3.63, 3.8) is 0 Å². The van der Waals surface area contributed by atoms with E-state index in [9.17, 15) is 10.2 Å². The summed E-state index contributed by atoms with van der Waals surface area (Å²) < 4.78 is 0. The summed E-state index contributed by atoms with van der Waals surface area (Å²) in [4.78, 5) is 0. The molecule has 10 rings (SSSR count). The zero-order chi connectivity index (χ0) is 36.0. The van der Waals surface area contributed by atoms with E-state index in [1.165, 1.54) is 89.0 Å². The lowest BCUT2D eigenvalue weighted by atomic mass is 9.44. The van der Waals surface area contributed by atoms with Gasteiger partial charge in [-0.05, 0) is 198 Å². The summed E-state index contributed by atoms with van der Waals surface area (Å²) in [6, 6.07) is 10.0. The Bertz CT molecular complexity index is 1730. The lowest BCUT2D eigenvalue weighted by molar-refractivity contribution is -0.108. The van der Waals surface area contributed by atoms with E-state index in [0.29, 0.717) is 41.5 Å². The first-order valence-electron chi connectivity index (χ1n) is 21.8. The maximum absolute atomic E-state index is 11.7. The zero-order valence-electron chi connectivity index (χ0n) is 33.1. The minimum absolute atomic E-state index is 0.0463. The van der Waals surface area contributed by atoms with E-state index < -0.39 is 0 Å². The molecule has 15 atom stereocenters. The second kappa shape index (κ2) is 11.7. The highest BCUT2D eigenvalue weighted by Crippen LogP contribution is 2.76. The van der Waals surface area contributed by atoms with E-state index in [4.69, 9.17) is 5.32 Å². The molecule has 1 aromatic rings. The van der Waals surface area contributed by atoms with Crippen molar-refractivity contribution >= 4 is 0 Å². The molecule has 7 aliphatic carbocycles. The summed E-state index contributed by atoms with van der Waals surface area (Å²) in [6.07, 6.45) is 20.9. The van der Waals surface area contributed by atoms with E-state index >= 15 is 0 Å². The molecule has 3 spiro atoms. The molecule has 1 aromatic carbocycles. The van der Waals surface area contributed by atoms with Crippen LogP contribution in [0.3, 0.4) is 0 Å². The standard InChI is InChI=1S/C48H68N2O2/c1-28(2)35-19-39-29(3)14-38-26-44(39,5)46(24-35)11-10-33(23-46)16-31-8-7-9-32(15-31)17-36-25-47(38)12-13-48-37(21-40(36)45(48,6)50-47)18-34-20-42(49-27-30(4)51)43(52)22-41(34)48/h7-9,14-15,30,33-37,40-43,49-52H,1,10-13,16-27H2,2-6H3/t30-,33-,34-,35-,36+,37+,40-,41-,42+,43+,44-,45+,46-,47+,48-/m0/s1. The topological polar surface area (TPSA) is 64.5 Å². The molecule has 0 aromatic heterocycles. The minimum Gasteiger partial charge on any atom is -0.392 e. The predicted molar refractivity (Wildman–Crippen MR) is 211 cm³/mol. The van der Waals surface area contributed by atoms with Crippen molar-refractivity contribution in [2.24, 2.45) is 57.7 Å². The van der Waals surface area contributed by atoms with Gasteiger partial charge in [-0.25, -0.2) is 0 Å². The normalized spacial score (nSPS) is 50.5. The highest BCUT2D eigenvalue weighted by molar-refractivity contribution is 5.47. The van der Waals surface area contributed by atoms with Crippen LogP contribution < -0.4 is 10.6 Å². The van der Waals surface area contributed by atoms with Crippen molar-refractivity contribution in [1.82, 2.24) is 10.6 Å². The van der Waals surface area contributed by atoms with Gasteiger partial charge in [0, 0.05) is 23.7 Å². The molecule has 52 heavy (non-hydrogen) atoms. The fraction of sp³-hybridized carbons (Fsp3) is 0.750. The van der Waals surface area contributed by atoms with Crippen LogP contribution in [0, 0.1) is 57.7 Å². The Kier molecular flexibility index (Phi) is 7.79. The van der Waals surface area contributed by atoms with Gasteiger partial charge in [-0.2, -0.15) is 0 Å². The number of piperidine rings is 2. The smallest absolute Gasteiger partial charge is 0.0696 e. The highest BCUT2D eigenvalue weighted by atomic mass is 16.3. The number of aliphatic hydroxyl groups excluding tert-OH is 2. The first-order chi connectivity index (χ1) is 24.8. The number of hydrogen-bond acceptors (Lipinski definition) is 4. The molecular weight excluding hydrogens is 637 g/mol. The van der Waals surface area contributed by atoms with Gasteiger partial charge in [-0.3, -0.25) is 0 Å². The minimum atomic E-state index is -0.382. The molecule has 4 nitrogen and oxygen atoms in total. The molecule has 0 amide bonds. The molecule has 4 N–H and O–H groups in total. The van der Waals surface area contributed by atoms with Crippen LogP contribution in [0.25, 0.3) is 0 Å². The van der Waals surface area contributed by atoms with Crippen molar-refractivity contribution in [3.05, 3.63) is 70.3 Å². The van der Waals surface area contributed by atoms with Crippen molar-refractivity contribution < 1.29 is 10.2 Å². The molecule has 4 heteroatoms. The highest BCUT2D eigenvalue weighted by Gasteiger charge is 2.76. The number of nitrogens with one attached hydrogen (secondary N) is 2. The quantitative estimate of drug-likeness (QED) is 0.237. The van der Waals surface area contributed by atoms with Gasteiger partial charge < -0.3 is 20.8 Å². The summed E-state index contributed by atoms with van der Waals surface area (Å²) >= 11 is 0. The number of allylic oxidation sites excluding steroid dienone is 4. The van der Waals surface area contributed by atoms with Crippen LogP contribution in [-0.4, -0.2) is 46.1 Å². The van der Waals surface area contributed by atoms with Crippen LogP contribution >= 0.6 is 0 Å². The Morgan fingerprint density at radius 2 is 1.79 bits per heavy atom. The molecule has 5 saturated carbocycles. The number of hydrogen-bond donors (Lipinski definition) is 4. The molecular formula is C48H68N2O2. The Balaban J connectivity index is 1.09. The lowest BCUT2D eigenvalue weighted by Gasteiger charge is -2.67. The number of benzene rings is 1. The van der Waals surface area contributed by atoms with Gasteiger partial charge in [0.25, 0.3) is 0 Å². The maximum atomic E-state index is 11.7. The monoisotopic (exact) mass is 705 g/mol. The molecule has 0 radical (unpaired) electrons. The Morgan fingerprint density at radius 3 is 2.58 bits per heavy atom. The number of rotatable bonds is 4. The van der Waals surface area contributed by atoms with Crippen molar-refractivity contribution in [1.29, 1.82) is 0 Å². The number of aliphatic hydroxyl groups is 2. The third kappa shape index (κ3) is 4.65. The second-order valence-corrected chi connectivity index (χ2v) is 21.4. The molecule has 7 fully saturated rings. The fourth-order valence-corrected chi connectivity index (χ4v) is 16.9. The molecule has 2 aliphatic heterocycles.